The average Bonchev–Trinajstić information content (AvgIpc) is 2.58. The van der Waals surface area contributed by atoms with Crippen molar-refractivity contribution in [2.45, 2.75) is 4.34 Å². The number of aromatic nitrogens is 1. The van der Waals surface area contributed by atoms with E-state index in [0.717, 1.165) is 9.86 Å². The molecule has 1 aromatic heterocycles. The van der Waals surface area contributed by atoms with Gasteiger partial charge in [0.2, 0.25) is 0 Å². The normalized spacial score (nSPS) is 8.33. The molecular weight excluding hydrogens is 322 g/mol. The molecule has 0 fully saturated rings. The van der Waals surface area contributed by atoms with Crippen molar-refractivity contribution >= 4 is 63.3 Å². The third kappa shape index (κ3) is 7.89. The van der Waals surface area contributed by atoms with E-state index in [1.165, 1.54) is 4.70 Å². The first kappa shape index (κ1) is 21.7. The summed E-state index contributed by atoms with van der Waals surface area (Å²) >= 11 is 15.6. The molecule has 0 aliphatic carbocycles. The average molecular weight is 332 g/mol. The molecule has 0 spiro atoms. The number of benzene rings is 1. The van der Waals surface area contributed by atoms with Gasteiger partial charge in [0, 0.05) is 14.1 Å². The maximum absolute atomic E-state index is 4.92. The van der Waals surface area contributed by atoms with Gasteiger partial charge in [0.25, 0.3) is 0 Å². The molecule has 0 aliphatic rings. The zero-order valence-electron chi connectivity index (χ0n) is 10.8. The molecule has 0 unspecified atom stereocenters. The molecule has 0 atom stereocenters. The Morgan fingerprint density at radius 1 is 1.28 bits per heavy atom. The first-order valence-electron chi connectivity index (χ1n) is 4.41. The van der Waals surface area contributed by atoms with E-state index in [-0.39, 0.29) is 59.1 Å². The fraction of sp³-hybridized carbons (Fsp3) is 0.200. The van der Waals surface area contributed by atoms with Crippen LogP contribution in [0.1, 0.15) is 0 Å². The predicted molar refractivity (Wildman–Crippen MR) is 78.9 cm³/mol. The second-order valence-electron chi connectivity index (χ2n) is 3.11. The van der Waals surface area contributed by atoms with Gasteiger partial charge >= 0.3 is 59.1 Å². The first-order valence-corrected chi connectivity index (χ1v) is 6.45. The molecule has 0 saturated heterocycles. The summed E-state index contributed by atoms with van der Waals surface area (Å²) in [5.41, 5.74) is 1.01. The van der Waals surface area contributed by atoms with Crippen LogP contribution in [-0.4, -0.2) is 28.3 Å². The summed E-state index contributed by atoms with van der Waals surface area (Å²) in [6, 6.07) is 7.97. The van der Waals surface area contributed by atoms with Crippen molar-refractivity contribution < 1.29 is 59.1 Å². The van der Waals surface area contributed by atoms with Crippen LogP contribution >= 0.6 is 23.6 Å². The Morgan fingerprint density at radius 2 is 1.78 bits per heavy atom. The zero-order valence-corrected chi connectivity index (χ0v) is 18.1. The van der Waals surface area contributed by atoms with Crippen LogP contribution in [0.3, 0.4) is 0 Å². The summed E-state index contributed by atoms with van der Waals surface area (Å²) in [4.78, 5) is 5.86. The minimum atomic E-state index is 0. The monoisotopic (exact) mass is 332 g/mol. The SMILES string of the molecule is CN(C)C(=S)[S-].[Na+].[Na+].[S-]c1nc2ccccc2s1. The third-order valence-electron chi connectivity index (χ3n) is 1.64. The zero-order chi connectivity index (χ0) is 12.1. The molecular formula is C10H10N2Na2S4. The molecule has 86 valence electrons. The van der Waals surface area contributed by atoms with E-state index in [1.54, 1.807) is 16.2 Å². The number of hydrogen-bond donors (Lipinski definition) is 0. The Morgan fingerprint density at radius 3 is 2.22 bits per heavy atom. The van der Waals surface area contributed by atoms with Gasteiger partial charge in [-0.15, -0.1) is 0 Å². The van der Waals surface area contributed by atoms with Crippen LogP contribution in [0.25, 0.3) is 10.2 Å². The van der Waals surface area contributed by atoms with Gasteiger partial charge in [-0.2, -0.15) is 0 Å². The van der Waals surface area contributed by atoms with E-state index in [9.17, 15) is 0 Å². The molecule has 0 radical (unpaired) electrons. The second kappa shape index (κ2) is 11.1. The molecule has 0 N–H and O–H groups in total. The van der Waals surface area contributed by atoms with Crippen LogP contribution in [0, 0.1) is 0 Å². The van der Waals surface area contributed by atoms with Crippen molar-refractivity contribution in [2.24, 2.45) is 0 Å². The Kier molecular flexibility index (Phi) is 13.4. The Bertz CT molecular complexity index is 454. The number of rotatable bonds is 0. The second-order valence-corrected chi connectivity index (χ2v) is 5.82. The van der Waals surface area contributed by atoms with Crippen molar-refractivity contribution in [3.05, 3.63) is 24.3 Å². The maximum Gasteiger partial charge on any atom is 1.00 e. The number of hydrogen-bond acceptors (Lipinski definition) is 5. The van der Waals surface area contributed by atoms with E-state index >= 15 is 0 Å². The molecule has 0 bridgehead atoms. The predicted octanol–water partition coefficient (Wildman–Crippen LogP) is -3.41. The van der Waals surface area contributed by atoms with Crippen LogP contribution in [0.5, 0.6) is 0 Å². The minimum Gasteiger partial charge on any atom is -0.411 e. The summed E-state index contributed by atoms with van der Waals surface area (Å²) in [5.74, 6) is 0. The molecule has 2 rings (SSSR count). The van der Waals surface area contributed by atoms with Gasteiger partial charge in [0.05, 0.1) is 5.52 Å². The summed E-state index contributed by atoms with van der Waals surface area (Å²) in [5, 5.41) is 0. The van der Waals surface area contributed by atoms with Crippen LogP contribution < -0.4 is 59.1 Å². The van der Waals surface area contributed by atoms with Gasteiger partial charge in [-0.05, 0) is 15.1 Å². The smallest absolute Gasteiger partial charge is 0.411 e. The Balaban J connectivity index is 0. The summed E-state index contributed by atoms with van der Waals surface area (Å²) < 4.78 is 2.41. The number of thiazole rings is 1. The summed E-state index contributed by atoms with van der Waals surface area (Å²) in [6.07, 6.45) is 0. The summed E-state index contributed by atoms with van der Waals surface area (Å²) in [6.45, 7) is 0. The molecule has 1 aromatic carbocycles. The van der Waals surface area contributed by atoms with Gasteiger partial charge in [-0.1, -0.05) is 22.5 Å². The third-order valence-corrected chi connectivity index (χ3v) is 3.54. The molecule has 0 aliphatic heterocycles. The number of thiocarbonyl (C=S) groups is 1. The van der Waals surface area contributed by atoms with E-state index in [4.69, 9.17) is 12.6 Å². The fourth-order valence-electron chi connectivity index (χ4n) is 0.851. The van der Waals surface area contributed by atoms with Crippen molar-refractivity contribution in [2.75, 3.05) is 14.1 Å². The standard InChI is InChI=1S/C7H5NS2.C3H7NS2.2Na/c9-7-8-5-3-1-2-4-6(5)10-7;1-4(2)3(5)6;;/h1-4H,(H,8,9);1-2H3,(H,5,6);;/q;;2*+1/p-2. The van der Waals surface area contributed by atoms with Gasteiger partial charge in [0.1, 0.15) is 0 Å². The molecule has 2 aromatic rings. The Hall–Kier alpha value is 1.44. The molecule has 1 heterocycles. The number of nitrogens with zero attached hydrogens (tertiary/aromatic N) is 2. The van der Waals surface area contributed by atoms with E-state index < -0.39 is 0 Å². The van der Waals surface area contributed by atoms with Crippen LogP contribution in [0.15, 0.2) is 28.6 Å². The quantitative estimate of drug-likeness (QED) is 0.283. The van der Waals surface area contributed by atoms with E-state index in [2.05, 4.69) is 29.8 Å². The topological polar surface area (TPSA) is 16.1 Å². The molecule has 2 nitrogen and oxygen atoms in total. The molecule has 18 heavy (non-hydrogen) atoms. The maximum atomic E-state index is 4.92. The fourth-order valence-corrected chi connectivity index (χ4v) is 1.92. The van der Waals surface area contributed by atoms with Gasteiger partial charge < -0.3 is 53.7 Å². The summed E-state index contributed by atoms with van der Waals surface area (Å²) in [7, 11) is 3.66. The van der Waals surface area contributed by atoms with Crippen molar-refractivity contribution in [3.63, 3.8) is 0 Å². The van der Waals surface area contributed by atoms with Crippen molar-refractivity contribution in [3.8, 4) is 0 Å². The molecule has 8 heteroatoms. The van der Waals surface area contributed by atoms with Crippen molar-refractivity contribution in [1.29, 1.82) is 0 Å². The Labute approximate surface area is 172 Å². The minimum absolute atomic E-state index is 0. The number of para-hydroxylation sites is 1. The van der Waals surface area contributed by atoms with E-state index in [0.29, 0.717) is 4.32 Å². The largest absolute Gasteiger partial charge is 1.00 e. The van der Waals surface area contributed by atoms with Gasteiger partial charge in [0.15, 0.2) is 0 Å². The molecule has 0 amide bonds. The van der Waals surface area contributed by atoms with Crippen LogP contribution in [-0.2, 0) is 25.3 Å². The van der Waals surface area contributed by atoms with Gasteiger partial charge in [-0.25, -0.2) is 0 Å². The first-order chi connectivity index (χ1) is 7.50. The van der Waals surface area contributed by atoms with Crippen LogP contribution in [0.4, 0.5) is 0 Å². The number of fused-ring (bicyclic) bond motifs is 1. The van der Waals surface area contributed by atoms with Crippen molar-refractivity contribution in [1.82, 2.24) is 9.88 Å². The van der Waals surface area contributed by atoms with Crippen LogP contribution in [0.2, 0.25) is 0 Å². The molecule has 0 saturated carbocycles. The van der Waals surface area contributed by atoms with E-state index in [1.807, 2.05) is 38.4 Å². The van der Waals surface area contributed by atoms with Gasteiger partial charge in [-0.3, -0.25) is 4.98 Å².